The largest absolute Gasteiger partial charge is 0.423 e. The SMILES string of the molecule is Cc1ccc(C(=O)Oc2ccc(/C=C\C(=O)c3ccccc3)cc2)cc1. The summed E-state index contributed by atoms with van der Waals surface area (Å²) in [5, 5.41) is 0. The Bertz CT molecular complexity index is 921. The second-order valence-corrected chi connectivity index (χ2v) is 5.89. The number of aryl methyl sites for hydroxylation is 1. The number of allylic oxidation sites excluding steroid dienone is 1. The van der Waals surface area contributed by atoms with Gasteiger partial charge in [-0.15, -0.1) is 0 Å². The van der Waals surface area contributed by atoms with E-state index in [-0.39, 0.29) is 5.78 Å². The quantitative estimate of drug-likeness (QED) is 0.280. The molecule has 0 spiro atoms. The number of carbonyl (C=O) groups excluding carboxylic acids is 2. The first-order valence-electron chi connectivity index (χ1n) is 8.28. The fourth-order valence-corrected chi connectivity index (χ4v) is 2.37. The van der Waals surface area contributed by atoms with Crippen LogP contribution in [0, 0.1) is 6.92 Å². The van der Waals surface area contributed by atoms with Gasteiger partial charge in [0.15, 0.2) is 5.78 Å². The van der Waals surface area contributed by atoms with Crippen LogP contribution in [0.1, 0.15) is 31.8 Å². The van der Waals surface area contributed by atoms with Crippen molar-refractivity contribution in [1.29, 1.82) is 0 Å². The van der Waals surface area contributed by atoms with Gasteiger partial charge in [0.25, 0.3) is 0 Å². The molecule has 3 rings (SSSR count). The number of rotatable bonds is 5. The van der Waals surface area contributed by atoms with Crippen molar-refractivity contribution in [3.8, 4) is 5.75 Å². The summed E-state index contributed by atoms with van der Waals surface area (Å²) in [6, 6.07) is 23.3. The Morgan fingerprint density at radius 2 is 1.42 bits per heavy atom. The van der Waals surface area contributed by atoms with Gasteiger partial charge in [-0.1, -0.05) is 66.2 Å². The zero-order valence-electron chi connectivity index (χ0n) is 14.4. The highest BCUT2D eigenvalue weighted by Crippen LogP contribution is 2.16. The van der Waals surface area contributed by atoms with Gasteiger partial charge in [0.1, 0.15) is 5.75 Å². The van der Waals surface area contributed by atoms with Crippen molar-refractivity contribution in [3.63, 3.8) is 0 Å². The number of ether oxygens (including phenoxy) is 1. The molecule has 0 heterocycles. The van der Waals surface area contributed by atoms with Gasteiger partial charge in [0.05, 0.1) is 5.56 Å². The number of ketones is 1. The molecule has 0 fully saturated rings. The summed E-state index contributed by atoms with van der Waals surface area (Å²) in [7, 11) is 0. The van der Waals surface area contributed by atoms with E-state index in [9.17, 15) is 9.59 Å². The zero-order valence-corrected chi connectivity index (χ0v) is 14.4. The van der Waals surface area contributed by atoms with E-state index in [1.54, 1.807) is 54.6 Å². The Morgan fingerprint density at radius 1 is 0.769 bits per heavy atom. The van der Waals surface area contributed by atoms with Crippen LogP contribution in [0.15, 0.2) is 84.9 Å². The van der Waals surface area contributed by atoms with Crippen LogP contribution in [0.3, 0.4) is 0 Å². The minimum Gasteiger partial charge on any atom is -0.423 e. The van der Waals surface area contributed by atoms with Gasteiger partial charge >= 0.3 is 5.97 Å². The number of hydrogen-bond acceptors (Lipinski definition) is 3. The van der Waals surface area contributed by atoms with Crippen LogP contribution in [-0.2, 0) is 0 Å². The Balaban J connectivity index is 1.63. The molecule has 0 saturated carbocycles. The van der Waals surface area contributed by atoms with E-state index < -0.39 is 5.97 Å². The maximum atomic E-state index is 12.1. The Hall–Kier alpha value is -3.46. The molecule has 0 saturated heterocycles. The van der Waals surface area contributed by atoms with E-state index in [0.717, 1.165) is 11.1 Å². The van der Waals surface area contributed by atoms with Crippen LogP contribution in [0.2, 0.25) is 0 Å². The molecule has 0 aromatic heterocycles. The van der Waals surface area contributed by atoms with Crippen LogP contribution in [0.5, 0.6) is 5.75 Å². The van der Waals surface area contributed by atoms with Crippen molar-refractivity contribution in [2.75, 3.05) is 0 Å². The predicted octanol–water partition coefficient (Wildman–Crippen LogP) is 5.11. The Labute approximate surface area is 152 Å². The first-order valence-corrected chi connectivity index (χ1v) is 8.28. The molecule has 0 radical (unpaired) electrons. The zero-order chi connectivity index (χ0) is 18.4. The molecule has 0 N–H and O–H groups in total. The number of benzene rings is 3. The fourth-order valence-electron chi connectivity index (χ4n) is 2.37. The highest BCUT2D eigenvalue weighted by Gasteiger charge is 2.08. The molecule has 0 bridgehead atoms. The number of esters is 1. The molecule has 3 nitrogen and oxygen atoms in total. The van der Waals surface area contributed by atoms with Gasteiger partial charge in [-0.05, 0) is 42.8 Å². The second-order valence-electron chi connectivity index (χ2n) is 5.89. The van der Waals surface area contributed by atoms with E-state index in [1.807, 2.05) is 37.3 Å². The highest BCUT2D eigenvalue weighted by atomic mass is 16.5. The van der Waals surface area contributed by atoms with Gasteiger partial charge in [0.2, 0.25) is 0 Å². The molecule has 26 heavy (non-hydrogen) atoms. The average molecular weight is 342 g/mol. The van der Waals surface area contributed by atoms with E-state index in [1.165, 1.54) is 6.08 Å². The van der Waals surface area contributed by atoms with Gasteiger partial charge in [-0.3, -0.25) is 4.79 Å². The summed E-state index contributed by atoms with van der Waals surface area (Å²) in [6.45, 7) is 1.96. The molecule has 0 amide bonds. The van der Waals surface area contributed by atoms with Crippen molar-refractivity contribution in [1.82, 2.24) is 0 Å². The lowest BCUT2D eigenvalue weighted by atomic mass is 10.1. The first-order chi connectivity index (χ1) is 12.6. The summed E-state index contributed by atoms with van der Waals surface area (Å²) in [4.78, 5) is 24.2. The monoisotopic (exact) mass is 342 g/mol. The van der Waals surface area contributed by atoms with Gasteiger partial charge < -0.3 is 4.74 Å². The predicted molar refractivity (Wildman–Crippen MR) is 102 cm³/mol. The Morgan fingerprint density at radius 3 is 2.08 bits per heavy atom. The lowest BCUT2D eigenvalue weighted by Gasteiger charge is -2.05. The van der Waals surface area contributed by atoms with Crippen molar-refractivity contribution in [2.45, 2.75) is 6.92 Å². The van der Waals surface area contributed by atoms with E-state index in [2.05, 4.69) is 0 Å². The Kier molecular flexibility index (Phi) is 5.40. The molecular formula is C23H18O3. The lowest BCUT2D eigenvalue weighted by Crippen LogP contribution is -2.08. The minimum atomic E-state index is -0.396. The maximum Gasteiger partial charge on any atom is 0.343 e. The summed E-state index contributed by atoms with van der Waals surface area (Å²) < 4.78 is 5.36. The van der Waals surface area contributed by atoms with Crippen LogP contribution in [0.25, 0.3) is 6.08 Å². The molecule has 3 heteroatoms. The molecule has 128 valence electrons. The standard InChI is InChI=1S/C23H18O3/c1-17-7-12-20(13-8-17)23(25)26-21-14-9-18(10-15-21)11-16-22(24)19-5-3-2-4-6-19/h2-16H,1H3/b16-11-. The van der Waals surface area contributed by atoms with Crippen molar-refractivity contribution in [3.05, 3.63) is 107 Å². The van der Waals surface area contributed by atoms with Gasteiger partial charge in [0, 0.05) is 5.56 Å². The van der Waals surface area contributed by atoms with Crippen LogP contribution in [-0.4, -0.2) is 11.8 Å². The van der Waals surface area contributed by atoms with Crippen molar-refractivity contribution in [2.24, 2.45) is 0 Å². The third-order valence-corrected chi connectivity index (χ3v) is 3.86. The highest BCUT2D eigenvalue weighted by molar-refractivity contribution is 6.06. The molecule has 0 unspecified atom stereocenters. The van der Waals surface area contributed by atoms with Crippen LogP contribution < -0.4 is 4.74 Å². The van der Waals surface area contributed by atoms with Crippen molar-refractivity contribution < 1.29 is 14.3 Å². The summed E-state index contributed by atoms with van der Waals surface area (Å²) in [5.74, 6) is 0.00938. The molecule has 3 aromatic carbocycles. The van der Waals surface area contributed by atoms with E-state index >= 15 is 0 Å². The fraction of sp³-hybridized carbons (Fsp3) is 0.0435. The number of hydrogen-bond donors (Lipinski definition) is 0. The molecule has 0 aliphatic heterocycles. The third-order valence-electron chi connectivity index (χ3n) is 3.86. The van der Waals surface area contributed by atoms with E-state index in [0.29, 0.717) is 16.9 Å². The normalized spacial score (nSPS) is 10.7. The van der Waals surface area contributed by atoms with Crippen LogP contribution >= 0.6 is 0 Å². The molecule has 3 aromatic rings. The number of carbonyl (C=O) groups is 2. The second kappa shape index (κ2) is 8.08. The first kappa shape index (κ1) is 17.4. The van der Waals surface area contributed by atoms with Crippen LogP contribution in [0.4, 0.5) is 0 Å². The smallest absolute Gasteiger partial charge is 0.343 e. The summed E-state index contributed by atoms with van der Waals surface area (Å²) in [6.07, 6.45) is 3.27. The molecule has 0 aliphatic rings. The maximum absolute atomic E-state index is 12.1. The topological polar surface area (TPSA) is 43.4 Å². The van der Waals surface area contributed by atoms with Gasteiger partial charge in [-0.25, -0.2) is 4.79 Å². The van der Waals surface area contributed by atoms with Crippen molar-refractivity contribution >= 4 is 17.8 Å². The van der Waals surface area contributed by atoms with E-state index in [4.69, 9.17) is 4.74 Å². The molecular weight excluding hydrogens is 324 g/mol. The van der Waals surface area contributed by atoms with Gasteiger partial charge in [-0.2, -0.15) is 0 Å². The lowest BCUT2D eigenvalue weighted by molar-refractivity contribution is 0.0734. The summed E-state index contributed by atoms with van der Waals surface area (Å²) in [5.41, 5.74) is 3.09. The third kappa shape index (κ3) is 4.54. The average Bonchev–Trinajstić information content (AvgIpc) is 2.68. The minimum absolute atomic E-state index is 0.0551. The molecule has 0 atom stereocenters. The molecule has 0 aliphatic carbocycles. The summed E-state index contributed by atoms with van der Waals surface area (Å²) >= 11 is 0.